The number of benzene rings is 2. The number of nitrogens with one attached hydrogen (secondary N) is 2. The van der Waals surface area contributed by atoms with Gasteiger partial charge in [-0.05, 0) is 34.1 Å². The predicted molar refractivity (Wildman–Crippen MR) is 105 cm³/mol. The zero-order valence-electron chi connectivity index (χ0n) is 14.8. The lowest BCUT2D eigenvalue weighted by molar-refractivity contribution is -0.137. The van der Waals surface area contributed by atoms with E-state index in [9.17, 15) is 22.4 Å². The van der Waals surface area contributed by atoms with Crippen LogP contribution in [-0.2, 0) is 12.7 Å². The van der Waals surface area contributed by atoms with Gasteiger partial charge in [0.1, 0.15) is 16.0 Å². The van der Waals surface area contributed by atoms with Gasteiger partial charge in [0, 0.05) is 23.9 Å². The molecule has 0 atom stereocenters. The van der Waals surface area contributed by atoms with Gasteiger partial charge in [0.2, 0.25) is 0 Å². The average Bonchev–Trinajstić information content (AvgIpc) is 3.09. The minimum Gasteiger partial charge on any atom is -0.453 e. The maximum atomic E-state index is 14.9. The first kappa shape index (κ1) is 21.9. The normalized spacial score (nSPS) is 11.4. The summed E-state index contributed by atoms with van der Waals surface area (Å²) >= 11 is 9.05. The molecule has 158 valence electrons. The summed E-state index contributed by atoms with van der Waals surface area (Å²) in [6.07, 6.45) is -3.36. The number of nitrogens with two attached hydrogens (primary N) is 1. The highest BCUT2D eigenvalue weighted by Crippen LogP contribution is 2.38. The fourth-order valence-corrected chi connectivity index (χ4v) is 3.05. The topological polar surface area (TPSA) is 93.0 Å². The molecule has 2 aromatic carbocycles. The molecule has 0 aliphatic rings. The molecule has 1 amide bonds. The van der Waals surface area contributed by atoms with Crippen LogP contribution in [-0.4, -0.2) is 15.9 Å². The number of rotatable bonds is 5. The summed E-state index contributed by atoms with van der Waals surface area (Å²) in [7, 11) is 0. The number of aromatic amines is 1. The van der Waals surface area contributed by atoms with Crippen LogP contribution in [0.4, 0.5) is 23.2 Å². The Morgan fingerprint density at radius 2 is 2.03 bits per heavy atom. The molecule has 1 heterocycles. The van der Waals surface area contributed by atoms with E-state index in [0.717, 1.165) is 12.1 Å². The van der Waals surface area contributed by atoms with Crippen LogP contribution in [0.1, 0.15) is 21.6 Å². The largest absolute Gasteiger partial charge is 0.453 e. The van der Waals surface area contributed by atoms with Crippen molar-refractivity contribution >= 4 is 39.1 Å². The quantitative estimate of drug-likeness (QED) is 0.323. The van der Waals surface area contributed by atoms with Crippen molar-refractivity contribution in [3.05, 3.63) is 68.9 Å². The lowest BCUT2D eigenvalue weighted by Crippen LogP contribution is -2.24. The second-order valence-electron chi connectivity index (χ2n) is 5.99. The third-order valence-electron chi connectivity index (χ3n) is 3.86. The number of hydrogen-bond acceptors (Lipinski definition) is 4. The van der Waals surface area contributed by atoms with Gasteiger partial charge < -0.3 is 20.8 Å². The van der Waals surface area contributed by atoms with Gasteiger partial charge in [-0.3, -0.25) is 4.79 Å². The van der Waals surface area contributed by atoms with E-state index in [1.807, 2.05) is 0 Å². The number of ether oxygens (including phenoxy) is 1. The van der Waals surface area contributed by atoms with Crippen molar-refractivity contribution in [2.75, 3.05) is 5.73 Å². The van der Waals surface area contributed by atoms with Crippen LogP contribution >= 0.6 is 27.5 Å². The molecule has 0 unspecified atom stereocenters. The number of amides is 1. The third kappa shape index (κ3) is 4.85. The van der Waals surface area contributed by atoms with Gasteiger partial charge in [0.25, 0.3) is 5.91 Å². The monoisotopic (exact) mass is 506 g/mol. The van der Waals surface area contributed by atoms with Crippen molar-refractivity contribution in [1.82, 2.24) is 15.3 Å². The van der Waals surface area contributed by atoms with Gasteiger partial charge in [-0.25, -0.2) is 9.37 Å². The summed E-state index contributed by atoms with van der Waals surface area (Å²) in [4.78, 5) is 18.5. The van der Waals surface area contributed by atoms with Crippen molar-refractivity contribution in [3.8, 4) is 11.5 Å². The van der Waals surface area contributed by atoms with Crippen LogP contribution in [0.5, 0.6) is 11.5 Å². The zero-order valence-corrected chi connectivity index (χ0v) is 17.1. The Labute approximate surface area is 180 Å². The molecule has 30 heavy (non-hydrogen) atoms. The highest BCUT2D eigenvalue weighted by Gasteiger charge is 2.31. The van der Waals surface area contributed by atoms with Crippen LogP contribution < -0.4 is 15.8 Å². The van der Waals surface area contributed by atoms with Crippen LogP contribution in [0.2, 0.25) is 5.02 Å². The summed E-state index contributed by atoms with van der Waals surface area (Å²) in [5.74, 6) is -2.33. The molecule has 0 spiro atoms. The SMILES string of the molecule is Nc1cc(Oc2c(Cl)ccc(CNC(=O)c3[nH]cnc3Br)c2F)cc(C(F)(F)F)c1. The summed E-state index contributed by atoms with van der Waals surface area (Å²) in [6, 6.07) is 5.12. The number of carbonyl (C=O) groups excluding carboxylic acids is 1. The van der Waals surface area contributed by atoms with E-state index in [4.69, 9.17) is 22.1 Å². The number of anilines is 1. The van der Waals surface area contributed by atoms with Crippen molar-refractivity contribution < 1.29 is 27.1 Å². The number of hydrogen-bond donors (Lipinski definition) is 3. The minimum atomic E-state index is -4.66. The van der Waals surface area contributed by atoms with Crippen LogP contribution in [0.25, 0.3) is 0 Å². The number of imidazole rings is 1. The Morgan fingerprint density at radius 3 is 2.67 bits per heavy atom. The Bertz CT molecular complexity index is 1100. The molecular formula is C18H12BrClF4N4O2. The van der Waals surface area contributed by atoms with E-state index < -0.39 is 29.2 Å². The molecule has 1 aromatic heterocycles. The van der Waals surface area contributed by atoms with Gasteiger partial charge in [0.15, 0.2) is 11.6 Å². The molecule has 6 nitrogen and oxygen atoms in total. The smallest absolute Gasteiger partial charge is 0.416 e. The fraction of sp³-hybridized carbons (Fsp3) is 0.111. The number of halogens is 6. The summed E-state index contributed by atoms with van der Waals surface area (Å²) in [5, 5.41) is 2.31. The number of nitrogens with zero attached hydrogens (tertiary/aromatic N) is 1. The van der Waals surface area contributed by atoms with Gasteiger partial charge in [-0.15, -0.1) is 0 Å². The second-order valence-corrected chi connectivity index (χ2v) is 7.15. The van der Waals surface area contributed by atoms with Crippen molar-refractivity contribution in [3.63, 3.8) is 0 Å². The lowest BCUT2D eigenvalue weighted by Gasteiger charge is -2.14. The Morgan fingerprint density at radius 1 is 1.30 bits per heavy atom. The van der Waals surface area contributed by atoms with E-state index >= 15 is 0 Å². The molecule has 0 saturated carbocycles. The van der Waals surface area contributed by atoms with E-state index in [0.29, 0.717) is 6.07 Å². The van der Waals surface area contributed by atoms with Crippen LogP contribution in [0, 0.1) is 5.82 Å². The van der Waals surface area contributed by atoms with E-state index in [1.165, 1.54) is 18.5 Å². The summed E-state index contributed by atoms with van der Waals surface area (Å²) in [5.41, 5.74) is 4.36. The molecule has 12 heteroatoms. The Hall–Kier alpha value is -2.79. The lowest BCUT2D eigenvalue weighted by atomic mass is 10.1. The van der Waals surface area contributed by atoms with Gasteiger partial charge in [-0.1, -0.05) is 17.7 Å². The maximum absolute atomic E-state index is 14.9. The van der Waals surface area contributed by atoms with Gasteiger partial charge in [0.05, 0.1) is 16.9 Å². The van der Waals surface area contributed by atoms with E-state index in [2.05, 4.69) is 31.2 Å². The molecule has 0 radical (unpaired) electrons. The molecule has 0 bridgehead atoms. The molecule has 0 fully saturated rings. The highest BCUT2D eigenvalue weighted by atomic mass is 79.9. The summed E-state index contributed by atoms with van der Waals surface area (Å²) in [6.45, 7) is -0.242. The van der Waals surface area contributed by atoms with Crippen LogP contribution in [0.15, 0.2) is 41.3 Å². The standard InChI is InChI=1S/C18H12BrClF4N4O2/c19-16-14(27-7-28-16)17(29)26-6-8-1-2-12(20)15(13(8)21)30-11-4-9(18(22,23)24)3-10(25)5-11/h1-5,7H,6,25H2,(H,26,29)(H,27,28). The molecule has 0 aliphatic heterocycles. The average molecular weight is 508 g/mol. The Kier molecular flexibility index (Phi) is 6.22. The van der Waals surface area contributed by atoms with Crippen LogP contribution in [0.3, 0.4) is 0 Å². The highest BCUT2D eigenvalue weighted by molar-refractivity contribution is 9.10. The van der Waals surface area contributed by atoms with E-state index in [-0.39, 0.29) is 38.9 Å². The first-order valence-electron chi connectivity index (χ1n) is 8.16. The summed E-state index contributed by atoms with van der Waals surface area (Å²) < 4.78 is 59.3. The fourth-order valence-electron chi connectivity index (χ4n) is 2.47. The van der Waals surface area contributed by atoms with Crippen molar-refractivity contribution in [1.29, 1.82) is 0 Å². The number of alkyl halides is 3. The molecular weight excluding hydrogens is 496 g/mol. The predicted octanol–water partition coefficient (Wildman–Crippen LogP) is 5.29. The van der Waals surface area contributed by atoms with Crippen molar-refractivity contribution in [2.45, 2.75) is 12.7 Å². The number of nitrogen functional groups attached to an aromatic ring is 1. The molecule has 3 aromatic rings. The maximum Gasteiger partial charge on any atom is 0.416 e. The second kappa shape index (κ2) is 8.52. The molecule has 0 aliphatic carbocycles. The molecule has 4 N–H and O–H groups in total. The van der Waals surface area contributed by atoms with E-state index in [1.54, 1.807) is 0 Å². The molecule has 3 rings (SSSR count). The van der Waals surface area contributed by atoms with Gasteiger partial charge >= 0.3 is 6.18 Å². The third-order valence-corrected chi connectivity index (χ3v) is 4.76. The van der Waals surface area contributed by atoms with Crippen molar-refractivity contribution in [2.24, 2.45) is 0 Å². The first-order chi connectivity index (χ1) is 14.1. The minimum absolute atomic E-state index is 0.00154. The number of aromatic nitrogens is 2. The molecule has 0 saturated heterocycles. The zero-order chi connectivity index (χ0) is 22.1. The number of H-pyrrole nitrogens is 1. The number of carbonyl (C=O) groups is 1. The van der Waals surface area contributed by atoms with Gasteiger partial charge in [-0.2, -0.15) is 13.2 Å². The first-order valence-corrected chi connectivity index (χ1v) is 9.33. The Balaban J connectivity index is 1.84.